The molecule has 156 valence electrons. The molecule has 1 aliphatic rings. The largest absolute Gasteiger partial charge is 0.334 e. The normalized spacial score (nSPS) is 19.3. The molecule has 1 aliphatic heterocycles. The van der Waals surface area contributed by atoms with E-state index < -0.39 is 12.1 Å². The summed E-state index contributed by atoms with van der Waals surface area (Å²) in [7, 11) is 0. The van der Waals surface area contributed by atoms with Crippen LogP contribution in [0.5, 0.6) is 0 Å². The van der Waals surface area contributed by atoms with Gasteiger partial charge in [0.25, 0.3) is 5.91 Å². The molecule has 2 N–H and O–H groups in total. The number of amides is 2. The zero-order chi connectivity index (χ0) is 22.0. The molecule has 0 unspecified atom stereocenters. The van der Waals surface area contributed by atoms with E-state index in [2.05, 4.69) is 10.7 Å². The minimum Gasteiger partial charge on any atom is -0.334 e. The second-order valence-corrected chi connectivity index (χ2v) is 8.12. The van der Waals surface area contributed by atoms with Gasteiger partial charge in [0, 0.05) is 11.1 Å². The van der Waals surface area contributed by atoms with Gasteiger partial charge in [0.1, 0.15) is 0 Å². The van der Waals surface area contributed by atoms with Crippen LogP contribution in [-0.4, -0.2) is 28.8 Å². The molecule has 1 saturated heterocycles. The van der Waals surface area contributed by atoms with E-state index >= 15 is 0 Å². The summed E-state index contributed by atoms with van der Waals surface area (Å²) < 4.78 is 1.72. The number of nitrogens with one attached hydrogen (secondary N) is 2. The van der Waals surface area contributed by atoms with E-state index in [-0.39, 0.29) is 11.8 Å². The highest BCUT2D eigenvalue weighted by atomic mass is 35.5. The molecule has 3 aromatic carbocycles. The average molecular weight is 433 g/mol. The number of carbonyl (C=O) groups excluding carboxylic acids is 2. The summed E-state index contributed by atoms with van der Waals surface area (Å²) in [6.07, 6.45) is 1.80. The lowest BCUT2D eigenvalue weighted by Crippen LogP contribution is -2.42. The maximum Gasteiger partial charge on any atom is 0.304 e. The molecule has 2 atom stereocenters. The Hall–Kier alpha value is -3.44. The molecule has 0 aromatic heterocycles. The van der Waals surface area contributed by atoms with Crippen LogP contribution in [0.15, 0.2) is 72.8 Å². The lowest BCUT2D eigenvalue weighted by atomic mass is 9.98. The van der Waals surface area contributed by atoms with E-state index in [1.54, 1.807) is 29.1 Å². The van der Waals surface area contributed by atoms with Crippen LogP contribution in [0.2, 0.25) is 5.02 Å². The number of hydrogen-bond donors (Lipinski definition) is 2. The van der Waals surface area contributed by atoms with Crippen molar-refractivity contribution in [2.45, 2.75) is 25.9 Å². The van der Waals surface area contributed by atoms with Gasteiger partial charge in [-0.1, -0.05) is 71.3 Å². The summed E-state index contributed by atoms with van der Waals surface area (Å²) in [5.74, 6) is -0.574. The van der Waals surface area contributed by atoms with Crippen LogP contribution in [0, 0.1) is 13.8 Å². The van der Waals surface area contributed by atoms with Crippen LogP contribution in [0.1, 0.15) is 38.7 Å². The quantitative estimate of drug-likeness (QED) is 0.613. The molecule has 1 heterocycles. The number of benzene rings is 3. The topological polar surface area (TPSA) is 61.2 Å². The van der Waals surface area contributed by atoms with Crippen molar-refractivity contribution in [1.29, 1.82) is 0 Å². The van der Waals surface area contributed by atoms with E-state index in [1.807, 2.05) is 68.4 Å². The van der Waals surface area contributed by atoms with Gasteiger partial charge >= 0.3 is 5.91 Å². The fourth-order valence-electron chi connectivity index (χ4n) is 3.68. The zero-order valence-corrected chi connectivity index (χ0v) is 18.1. The number of hydrogen-bond acceptors (Lipinski definition) is 2. The molecule has 2 amide bonds. The predicted molar refractivity (Wildman–Crippen MR) is 121 cm³/mol. The van der Waals surface area contributed by atoms with Crippen LogP contribution in [0.25, 0.3) is 0 Å². The zero-order valence-electron chi connectivity index (χ0n) is 17.3. The Kier molecular flexibility index (Phi) is 5.87. The first kappa shape index (κ1) is 20.8. The minimum atomic E-state index is -0.769. The SMILES string of the molecule is Cc1ccc([C@H]2[C@@H](NC(=O)c3cccc(C)c3)C(=O)N/[N+]2=C\c2ccccc2Cl)cc1. The lowest BCUT2D eigenvalue weighted by Gasteiger charge is -2.15. The Bertz CT molecular complexity index is 1170. The van der Waals surface area contributed by atoms with Gasteiger partial charge in [0.05, 0.1) is 10.6 Å². The summed E-state index contributed by atoms with van der Waals surface area (Å²) in [6, 6.07) is 21.4. The number of rotatable bonds is 4. The summed E-state index contributed by atoms with van der Waals surface area (Å²) >= 11 is 6.33. The highest BCUT2D eigenvalue weighted by molar-refractivity contribution is 6.32. The van der Waals surface area contributed by atoms with Crippen molar-refractivity contribution in [2.75, 3.05) is 0 Å². The first-order valence-corrected chi connectivity index (χ1v) is 10.4. The molecular formula is C25H23ClN3O2+. The Morgan fingerprint density at radius 1 is 1.00 bits per heavy atom. The molecule has 0 bridgehead atoms. The molecular weight excluding hydrogens is 410 g/mol. The minimum absolute atomic E-state index is 0.283. The fraction of sp³-hybridized carbons (Fsp3) is 0.160. The van der Waals surface area contributed by atoms with Gasteiger partial charge in [0.2, 0.25) is 12.3 Å². The van der Waals surface area contributed by atoms with Crippen molar-refractivity contribution in [1.82, 2.24) is 10.7 Å². The number of nitrogens with zero attached hydrogens (tertiary/aromatic N) is 1. The molecule has 0 aliphatic carbocycles. The van der Waals surface area contributed by atoms with Crippen LogP contribution in [0.4, 0.5) is 0 Å². The summed E-state index contributed by atoms with van der Waals surface area (Å²) in [5, 5.41) is 3.50. The predicted octanol–water partition coefficient (Wildman–Crippen LogP) is 3.97. The molecule has 0 saturated carbocycles. The monoisotopic (exact) mass is 432 g/mol. The maximum atomic E-state index is 12.9. The van der Waals surface area contributed by atoms with Crippen LogP contribution in [0.3, 0.4) is 0 Å². The molecule has 3 aromatic rings. The summed E-state index contributed by atoms with van der Waals surface area (Å²) in [6.45, 7) is 3.93. The van der Waals surface area contributed by atoms with Crippen molar-refractivity contribution in [3.05, 3.63) is 106 Å². The first-order chi connectivity index (χ1) is 14.9. The van der Waals surface area contributed by atoms with Gasteiger partial charge in [0.15, 0.2) is 6.04 Å². The van der Waals surface area contributed by atoms with Crippen molar-refractivity contribution in [3.8, 4) is 0 Å². The van der Waals surface area contributed by atoms with E-state index in [4.69, 9.17) is 11.6 Å². The Balaban J connectivity index is 1.72. The Morgan fingerprint density at radius 3 is 2.45 bits per heavy atom. The second kappa shape index (κ2) is 8.74. The molecule has 5 nitrogen and oxygen atoms in total. The molecule has 6 heteroatoms. The number of hydrazine groups is 1. The molecule has 0 radical (unpaired) electrons. The van der Waals surface area contributed by atoms with Gasteiger partial charge in [-0.25, -0.2) is 0 Å². The summed E-state index contributed by atoms with van der Waals surface area (Å²) in [5.41, 5.74) is 7.16. The van der Waals surface area contributed by atoms with Crippen LogP contribution >= 0.6 is 11.6 Å². The molecule has 31 heavy (non-hydrogen) atoms. The van der Waals surface area contributed by atoms with E-state index in [1.165, 1.54) is 0 Å². The van der Waals surface area contributed by atoms with Gasteiger partial charge < -0.3 is 5.32 Å². The Morgan fingerprint density at radius 2 is 1.74 bits per heavy atom. The molecule has 0 spiro atoms. The molecule has 1 fully saturated rings. The maximum absolute atomic E-state index is 12.9. The van der Waals surface area contributed by atoms with E-state index in [9.17, 15) is 9.59 Å². The molecule has 4 rings (SSSR count). The number of aryl methyl sites for hydroxylation is 2. The van der Waals surface area contributed by atoms with Crippen LogP contribution in [-0.2, 0) is 4.79 Å². The van der Waals surface area contributed by atoms with Crippen molar-refractivity contribution >= 4 is 29.6 Å². The van der Waals surface area contributed by atoms with Crippen molar-refractivity contribution < 1.29 is 14.3 Å². The van der Waals surface area contributed by atoms with Gasteiger partial charge in [-0.05, 0) is 38.1 Å². The third kappa shape index (κ3) is 4.52. The van der Waals surface area contributed by atoms with Crippen molar-refractivity contribution in [2.24, 2.45) is 0 Å². The average Bonchev–Trinajstić information content (AvgIpc) is 3.05. The van der Waals surface area contributed by atoms with Crippen molar-refractivity contribution in [3.63, 3.8) is 0 Å². The number of hydrazone groups is 1. The standard InChI is InChI=1S/C25H22ClN3O2/c1-16-10-12-18(13-11-16)23-22(27-24(30)19-8-5-6-17(2)14-19)25(31)28-29(23)15-20-7-3-4-9-21(20)26/h3-15,22-23H,1-2H3,(H-,27,28,30,31)/p+1/b29-15-/t22-,23+/m1/s1. The second-order valence-electron chi connectivity index (χ2n) is 7.71. The summed E-state index contributed by atoms with van der Waals surface area (Å²) in [4.78, 5) is 25.8. The smallest absolute Gasteiger partial charge is 0.304 e. The highest BCUT2D eigenvalue weighted by Gasteiger charge is 2.47. The van der Waals surface area contributed by atoms with Crippen LogP contribution < -0.4 is 10.7 Å². The fourth-order valence-corrected chi connectivity index (χ4v) is 3.87. The van der Waals surface area contributed by atoms with Gasteiger partial charge in [-0.3, -0.25) is 9.59 Å². The highest BCUT2D eigenvalue weighted by Crippen LogP contribution is 2.26. The lowest BCUT2D eigenvalue weighted by molar-refractivity contribution is -0.596. The number of carbonyl (C=O) groups is 2. The van der Waals surface area contributed by atoms with Gasteiger partial charge in [-0.2, -0.15) is 0 Å². The number of halogens is 1. The first-order valence-electron chi connectivity index (χ1n) is 10.0. The third-order valence-corrected chi connectivity index (χ3v) is 5.65. The third-order valence-electron chi connectivity index (χ3n) is 5.31. The van der Waals surface area contributed by atoms with E-state index in [0.29, 0.717) is 10.6 Å². The Labute approximate surface area is 186 Å². The van der Waals surface area contributed by atoms with E-state index in [0.717, 1.165) is 22.3 Å². The van der Waals surface area contributed by atoms with Gasteiger partial charge in [-0.15, -0.1) is 10.1 Å².